The molecule has 0 aliphatic rings. The lowest BCUT2D eigenvalue weighted by Gasteiger charge is -1.99. The van der Waals surface area contributed by atoms with E-state index in [9.17, 15) is 9.59 Å². The number of hydrogen-bond donors (Lipinski definition) is 1. The van der Waals surface area contributed by atoms with Gasteiger partial charge in [-0.2, -0.15) is 0 Å². The Morgan fingerprint density at radius 1 is 1.10 bits per heavy atom. The predicted octanol–water partition coefficient (Wildman–Crippen LogP) is 2.21. The van der Waals surface area contributed by atoms with Crippen LogP contribution in [0.25, 0.3) is 17.0 Å². The van der Waals surface area contributed by atoms with Crippen molar-refractivity contribution in [3.63, 3.8) is 0 Å². The van der Waals surface area contributed by atoms with Gasteiger partial charge in [-0.15, -0.1) is 0 Å². The van der Waals surface area contributed by atoms with Crippen molar-refractivity contribution in [2.45, 2.75) is 0 Å². The number of carbonyl (C=O) groups excluding carboxylic acids is 1. The fourth-order valence-electron chi connectivity index (χ4n) is 1.93. The van der Waals surface area contributed by atoms with Gasteiger partial charge in [0.25, 0.3) is 5.56 Å². The second-order valence-corrected chi connectivity index (χ2v) is 4.41. The third-order valence-corrected chi connectivity index (χ3v) is 2.98. The fraction of sp³-hybridized carbons (Fsp3) is 0. The number of allylic oxidation sites excluding steroid dienone is 1. The predicted molar refractivity (Wildman–Crippen MR) is 80.0 cm³/mol. The molecule has 0 aliphatic heterocycles. The van der Waals surface area contributed by atoms with Crippen LogP contribution in [-0.4, -0.2) is 20.7 Å². The quantitative estimate of drug-likeness (QED) is 0.588. The maximum atomic E-state index is 12.1. The summed E-state index contributed by atoms with van der Waals surface area (Å²) in [6, 6.07) is 10.5. The normalized spacial score (nSPS) is 11.0. The number of nitrogens with zero attached hydrogens (tertiary/aromatic N) is 2. The van der Waals surface area contributed by atoms with Gasteiger partial charge in [-0.1, -0.05) is 18.2 Å². The van der Waals surface area contributed by atoms with E-state index in [0.29, 0.717) is 10.9 Å². The number of rotatable bonds is 3. The van der Waals surface area contributed by atoms with Crippen molar-refractivity contribution in [3.05, 3.63) is 76.6 Å². The molecule has 0 saturated carbocycles. The van der Waals surface area contributed by atoms with E-state index in [1.165, 1.54) is 6.08 Å². The van der Waals surface area contributed by atoms with Crippen molar-refractivity contribution < 1.29 is 4.79 Å². The van der Waals surface area contributed by atoms with Crippen LogP contribution in [0.15, 0.2) is 59.7 Å². The Kier molecular flexibility index (Phi) is 3.39. The Bertz CT molecular complexity index is 883. The molecule has 0 bridgehead atoms. The summed E-state index contributed by atoms with van der Waals surface area (Å²) in [6.45, 7) is 0. The highest BCUT2D eigenvalue weighted by Gasteiger charge is 2.08. The van der Waals surface area contributed by atoms with Crippen LogP contribution in [0.4, 0.5) is 0 Å². The maximum absolute atomic E-state index is 12.1. The van der Waals surface area contributed by atoms with Gasteiger partial charge in [-0.25, -0.2) is 4.98 Å². The zero-order valence-corrected chi connectivity index (χ0v) is 11.0. The van der Waals surface area contributed by atoms with Crippen molar-refractivity contribution in [2.24, 2.45) is 0 Å². The summed E-state index contributed by atoms with van der Waals surface area (Å²) >= 11 is 0. The van der Waals surface area contributed by atoms with Crippen LogP contribution in [0.2, 0.25) is 0 Å². The van der Waals surface area contributed by atoms with E-state index in [4.69, 9.17) is 0 Å². The number of para-hydroxylation sites is 1. The van der Waals surface area contributed by atoms with Crippen LogP contribution in [-0.2, 0) is 0 Å². The molecule has 2 heterocycles. The molecule has 0 saturated heterocycles. The van der Waals surface area contributed by atoms with Crippen LogP contribution in [0.1, 0.15) is 16.2 Å². The molecule has 0 fully saturated rings. The number of aromatic nitrogens is 3. The zero-order chi connectivity index (χ0) is 14.7. The molecule has 102 valence electrons. The van der Waals surface area contributed by atoms with Crippen molar-refractivity contribution in [1.82, 2.24) is 15.0 Å². The first-order valence-electron chi connectivity index (χ1n) is 6.35. The SMILES string of the molecule is O=C(/C=C/c1ccncc1)c1nc2ccccc2c(=O)[nH]1. The minimum atomic E-state index is -0.352. The highest BCUT2D eigenvalue weighted by Crippen LogP contribution is 2.07. The number of aromatic amines is 1. The molecule has 0 unspecified atom stereocenters. The van der Waals surface area contributed by atoms with Gasteiger partial charge in [0.15, 0.2) is 5.82 Å². The van der Waals surface area contributed by atoms with Gasteiger partial charge in [0.2, 0.25) is 5.78 Å². The van der Waals surface area contributed by atoms with E-state index in [2.05, 4.69) is 15.0 Å². The summed E-state index contributed by atoms with van der Waals surface area (Å²) in [5.74, 6) is -0.321. The zero-order valence-electron chi connectivity index (χ0n) is 11.0. The lowest BCUT2D eigenvalue weighted by atomic mass is 10.2. The molecule has 0 atom stereocenters. The minimum absolute atomic E-state index is 0.0315. The molecular formula is C16H11N3O2. The van der Waals surface area contributed by atoms with Crippen LogP contribution >= 0.6 is 0 Å². The van der Waals surface area contributed by atoms with E-state index >= 15 is 0 Å². The highest BCUT2D eigenvalue weighted by molar-refractivity contribution is 6.04. The summed E-state index contributed by atoms with van der Waals surface area (Å²) in [5.41, 5.74) is 1.03. The van der Waals surface area contributed by atoms with Gasteiger partial charge in [0.05, 0.1) is 10.9 Å². The Morgan fingerprint density at radius 3 is 2.67 bits per heavy atom. The monoisotopic (exact) mass is 277 g/mol. The molecule has 3 aromatic rings. The van der Waals surface area contributed by atoms with E-state index in [0.717, 1.165) is 5.56 Å². The minimum Gasteiger partial charge on any atom is -0.303 e. The molecule has 2 aromatic heterocycles. The molecule has 21 heavy (non-hydrogen) atoms. The van der Waals surface area contributed by atoms with E-state index < -0.39 is 0 Å². The van der Waals surface area contributed by atoms with Crippen LogP contribution < -0.4 is 5.56 Å². The Morgan fingerprint density at radius 2 is 1.86 bits per heavy atom. The molecule has 0 spiro atoms. The van der Waals surface area contributed by atoms with Crippen molar-refractivity contribution in [1.29, 1.82) is 0 Å². The molecule has 1 N–H and O–H groups in total. The standard InChI is InChI=1S/C16H11N3O2/c20-14(6-5-11-7-9-17-10-8-11)15-18-13-4-2-1-3-12(13)16(21)19-15/h1-10H,(H,18,19,21)/b6-5+. The highest BCUT2D eigenvalue weighted by atomic mass is 16.1. The van der Waals surface area contributed by atoms with Crippen LogP contribution in [0.5, 0.6) is 0 Å². The number of carbonyl (C=O) groups is 1. The van der Waals surface area contributed by atoms with Gasteiger partial charge >= 0.3 is 0 Å². The van der Waals surface area contributed by atoms with Crippen molar-refractivity contribution >= 4 is 22.8 Å². The third-order valence-electron chi connectivity index (χ3n) is 2.98. The molecule has 3 rings (SSSR count). The second kappa shape index (κ2) is 5.50. The smallest absolute Gasteiger partial charge is 0.259 e. The average molecular weight is 277 g/mol. The average Bonchev–Trinajstić information content (AvgIpc) is 2.53. The van der Waals surface area contributed by atoms with Gasteiger partial charge in [-0.3, -0.25) is 14.6 Å². The van der Waals surface area contributed by atoms with Gasteiger partial charge in [0.1, 0.15) is 0 Å². The Labute approximate surface area is 120 Å². The summed E-state index contributed by atoms with van der Waals surface area (Å²) in [6.07, 6.45) is 6.31. The topological polar surface area (TPSA) is 75.7 Å². The number of hydrogen-bond acceptors (Lipinski definition) is 4. The van der Waals surface area contributed by atoms with Crippen LogP contribution in [0.3, 0.4) is 0 Å². The van der Waals surface area contributed by atoms with Crippen molar-refractivity contribution in [2.75, 3.05) is 0 Å². The second-order valence-electron chi connectivity index (χ2n) is 4.41. The number of ketones is 1. The van der Waals surface area contributed by atoms with E-state index in [-0.39, 0.29) is 17.2 Å². The molecule has 5 nitrogen and oxygen atoms in total. The molecule has 0 amide bonds. The molecular weight excluding hydrogens is 266 g/mol. The summed E-state index contributed by atoms with van der Waals surface area (Å²) in [7, 11) is 0. The number of pyridine rings is 1. The summed E-state index contributed by atoms with van der Waals surface area (Å²) in [5, 5.41) is 0.465. The molecule has 0 radical (unpaired) electrons. The van der Waals surface area contributed by atoms with Gasteiger partial charge < -0.3 is 4.98 Å². The summed E-state index contributed by atoms with van der Waals surface area (Å²) in [4.78, 5) is 34.6. The third kappa shape index (κ3) is 2.76. The van der Waals surface area contributed by atoms with E-state index in [1.807, 2.05) is 0 Å². The molecule has 1 aromatic carbocycles. The first-order valence-corrected chi connectivity index (χ1v) is 6.35. The number of benzene rings is 1. The number of fused-ring (bicyclic) bond motifs is 1. The summed E-state index contributed by atoms with van der Waals surface area (Å²) < 4.78 is 0. The van der Waals surface area contributed by atoms with Gasteiger partial charge in [-0.05, 0) is 35.9 Å². The molecule has 0 aliphatic carbocycles. The largest absolute Gasteiger partial charge is 0.303 e. The Balaban J connectivity index is 1.95. The maximum Gasteiger partial charge on any atom is 0.259 e. The lowest BCUT2D eigenvalue weighted by molar-refractivity contribution is 0.103. The Hall–Kier alpha value is -3.08. The van der Waals surface area contributed by atoms with Gasteiger partial charge in [0, 0.05) is 12.4 Å². The fourth-order valence-corrected chi connectivity index (χ4v) is 1.93. The lowest BCUT2D eigenvalue weighted by Crippen LogP contribution is -2.14. The van der Waals surface area contributed by atoms with Crippen LogP contribution in [0, 0.1) is 0 Å². The first-order chi connectivity index (χ1) is 10.2. The first kappa shape index (κ1) is 12.9. The molecule has 5 heteroatoms. The van der Waals surface area contributed by atoms with E-state index in [1.54, 1.807) is 54.9 Å². The van der Waals surface area contributed by atoms with Crippen molar-refractivity contribution in [3.8, 4) is 0 Å². The number of nitrogens with one attached hydrogen (secondary N) is 1. The number of H-pyrrole nitrogens is 1.